The molecule has 2 rings (SSSR count). The Morgan fingerprint density at radius 1 is 1.32 bits per heavy atom. The summed E-state index contributed by atoms with van der Waals surface area (Å²) in [6.45, 7) is 1.58. The maximum absolute atomic E-state index is 14.0. The second-order valence-electron chi connectivity index (χ2n) is 4.28. The van der Waals surface area contributed by atoms with E-state index in [2.05, 4.69) is 10.3 Å². The third-order valence-electron chi connectivity index (χ3n) is 2.92. The van der Waals surface area contributed by atoms with Crippen LogP contribution in [0, 0.1) is 0 Å². The molecular weight excluding hydrogens is 266 g/mol. The predicted molar refractivity (Wildman–Crippen MR) is 73.5 cm³/mol. The van der Waals surface area contributed by atoms with E-state index < -0.39 is 5.92 Å². The van der Waals surface area contributed by atoms with Crippen molar-refractivity contribution in [1.82, 2.24) is 10.3 Å². The SMILES string of the molecule is CCC(NCC(F)(F)c1ccccc1)c1nccs1. The molecule has 102 valence electrons. The van der Waals surface area contributed by atoms with Gasteiger partial charge < -0.3 is 5.32 Å². The standard InChI is InChI=1S/C14H16F2N2S/c1-2-12(13-17-8-9-19-13)18-10-14(15,16)11-6-4-3-5-7-11/h3-9,12,18H,2,10H2,1H3. The zero-order valence-corrected chi connectivity index (χ0v) is 11.5. The van der Waals surface area contributed by atoms with Gasteiger partial charge in [-0.25, -0.2) is 4.98 Å². The van der Waals surface area contributed by atoms with Crippen LogP contribution in [0.3, 0.4) is 0 Å². The Balaban J connectivity index is 2.01. The first-order chi connectivity index (χ1) is 9.13. The molecule has 0 aliphatic carbocycles. The highest BCUT2D eigenvalue weighted by atomic mass is 32.1. The number of nitrogens with zero attached hydrogens (tertiary/aromatic N) is 1. The summed E-state index contributed by atoms with van der Waals surface area (Å²) in [5.74, 6) is -2.87. The molecule has 0 aliphatic rings. The molecule has 0 amide bonds. The predicted octanol–water partition coefficient (Wildman–Crippen LogP) is 3.98. The fraction of sp³-hybridized carbons (Fsp3) is 0.357. The molecule has 19 heavy (non-hydrogen) atoms. The maximum Gasteiger partial charge on any atom is 0.285 e. The quantitative estimate of drug-likeness (QED) is 0.867. The minimum absolute atomic E-state index is 0.0384. The first-order valence-electron chi connectivity index (χ1n) is 6.19. The summed E-state index contributed by atoms with van der Waals surface area (Å²) in [5.41, 5.74) is 0.0384. The molecule has 1 unspecified atom stereocenters. The van der Waals surface area contributed by atoms with E-state index in [-0.39, 0.29) is 18.2 Å². The Hall–Kier alpha value is -1.33. The van der Waals surface area contributed by atoms with Gasteiger partial charge in [-0.15, -0.1) is 11.3 Å². The van der Waals surface area contributed by atoms with Gasteiger partial charge in [-0.1, -0.05) is 37.3 Å². The second-order valence-corrected chi connectivity index (χ2v) is 5.21. The molecule has 0 radical (unpaired) electrons. The molecule has 1 heterocycles. The number of hydrogen-bond acceptors (Lipinski definition) is 3. The van der Waals surface area contributed by atoms with E-state index in [0.717, 1.165) is 11.4 Å². The van der Waals surface area contributed by atoms with Crippen molar-refractivity contribution in [3.63, 3.8) is 0 Å². The lowest BCUT2D eigenvalue weighted by molar-refractivity contribution is -0.00592. The molecule has 1 N–H and O–H groups in total. The minimum atomic E-state index is -2.87. The van der Waals surface area contributed by atoms with Crippen LogP contribution in [0.15, 0.2) is 41.9 Å². The van der Waals surface area contributed by atoms with E-state index in [1.807, 2.05) is 12.3 Å². The van der Waals surface area contributed by atoms with Crippen LogP contribution in [0.1, 0.15) is 30.0 Å². The third kappa shape index (κ3) is 3.58. The van der Waals surface area contributed by atoms with Gasteiger partial charge in [-0.3, -0.25) is 0 Å². The zero-order chi connectivity index (χ0) is 13.7. The van der Waals surface area contributed by atoms with Crippen LogP contribution in [-0.4, -0.2) is 11.5 Å². The Kier molecular flexibility index (Phi) is 4.61. The first kappa shape index (κ1) is 14.1. The van der Waals surface area contributed by atoms with Gasteiger partial charge in [0.05, 0.1) is 12.6 Å². The van der Waals surface area contributed by atoms with E-state index in [1.54, 1.807) is 24.4 Å². The number of rotatable bonds is 6. The van der Waals surface area contributed by atoms with Gasteiger partial charge >= 0.3 is 0 Å². The Morgan fingerprint density at radius 2 is 2.05 bits per heavy atom. The smallest absolute Gasteiger partial charge is 0.285 e. The van der Waals surface area contributed by atoms with Crippen LogP contribution in [-0.2, 0) is 5.92 Å². The lowest BCUT2D eigenvalue weighted by Crippen LogP contribution is -2.33. The number of benzene rings is 1. The molecule has 0 saturated carbocycles. The van der Waals surface area contributed by atoms with Crippen molar-refractivity contribution in [2.75, 3.05) is 6.54 Å². The monoisotopic (exact) mass is 282 g/mol. The second kappa shape index (κ2) is 6.21. The third-order valence-corrected chi connectivity index (χ3v) is 3.81. The molecular formula is C14H16F2N2S. The van der Waals surface area contributed by atoms with Crippen LogP contribution < -0.4 is 5.32 Å². The molecule has 0 saturated heterocycles. The van der Waals surface area contributed by atoms with Crippen molar-refractivity contribution in [3.8, 4) is 0 Å². The molecule has 2 nitrogen and oxygen atoms in total. The highest BCUT2D eigenvalue weighted by molar-refractivity contribution is 7.09. The lowest BCUT2D eigenvalue weighted by Gasteiger charge is -2.21. The summed E-state index contributed by atoms with van der Waals surface area (Å²) in [7, 11) is 0. The van der Waals surface area contributed by atoms with Crippen LogP contribution in [0.2, 0.25) is 0 Å². The molecule has 0 aliphatic heterocycles. The molecule has 1 aromatic heterocycles. The van der Waals surface area contributed by atoms with Gasteiger partial charge in [-0.2, -0.15) is 8.78 Å². The van der Waals surface area contributed by atoms with Crippen molar-refractivity contribution in [3.05, 3.63) is 52.5 Å². The van der Waals surface area contributed by atoms with Gasteiger partial charge in [-0.05, 0) is 6.42 Å². The average Bonchev–Trinajstić information content (AvgIpc) is 2.94. The van der Waals surface area contributed by atoms with Crippen molar-refractivity contribution >= 4 is 11.3 Å². The Morgan fingerprint density at radius 3 is 2.63 bits per heavy atom. The van der Waals surface area contributed by atoms with Gasteiger partial charge in [0.2, 0.25) is 0 Å². The molecule has 0 bridgehead atoms. The van der Waals surface area contributed by atoms with E-state index in [4.69, 9.17) is 0 Å². The largest absolute Gasteiger partial charge is 0.302 e. The van der Waals surface area contributed by atoms with Crippen LogP contribution >= 0.6 is 11.3 Å². The zero-order valence-electron chi connectivity index (χ0n) is 10.6. The fourth-order valence-electron chi connectivity index (χ4n) is 1.85. The van der Waals surface area contributed by atoms with Gasteiger partial charge in [0, 0.05) is 17.1 Å². The number of halogens is 2. The van der Waals surface area contributed by atoms with Crippen molar-refractivity contribution in [2.24, 2.45) is 0 Å². The fourth-order valence-corrected chi connectivity index (χ4v) is 2.65. The highest BCUT2D eigenvalue weighted by Crippen LogP contribution is 2.28. The summed E-state index contributed by atoms with van der Waals surface area (Å²) < 4.78 is 28.0. The molecule has 1 aromatic carbocycles. The minimum Gasteiger partial charge on any atom is -0.302 e. The van der Waals surface area contributed by atoms with Gasteiger partial charge in [0.1, 0.15) is 5.01 Å². The number of alkyl halides is 2. The first-order valence-corrected chi connectivity index (χ1v) is 7.07. The van der Waals surface area contributed by atoms with E-state index in [0.29, 0.717) is 0 Å². The normalized spacial score (nSPS) is 13.4. The number of hydrogen-bond donors (Lipinski definition) is 1. The summed E-state index contributed by atoms with van der Waals surface area (Å²) in [5, 5.41) is 5.62. The van der Waals surface area contributed by atoms with Gasteiger partial charge in [0.15, 0.2) is 0 Å². The van der Waals surface area contributed by atoms with E-state index in [1.165, 1.54) is 23.5 Å². The van der Waals surface area contributed by atoms with Crippen molar-refractivity contribution in [2.45, 2.75) is 25.3 Å². The lowest BCUT2D eigenvalue weighted by atomic mass is 10.1. The van der Waals surface area contributed by atoms with E-state index >= 15 is 0 Å². The number of thiazole rings is 1. The molecule has 5 heteroatoms. The maximum atomic E-state index is 14.0. The van der Waals surface area contributed by atoms with E-state index in [9.17, 15) is 8.78 Å². The summed E-state index contributed by atoms with van der Waals surface area (Å²) >= 11 is 1.48. The van der Waals surface area contributed by atoms with Crippen LogP contribution in [0.25, 0.3) is 0 Å². The number of nitrogens with one attached hydrogen (secondary N) is 1. The molecule has 1 atom stereocenters. The van der Waals surface area contributed by atoms with Crippen LogP contribution in [0.5, 0.6) is 0 Å². The topological polar surface area (TPSA) is 24.9 Å². The summed E-state index contributed by atoms with van der Waals surface area (Å²) in [6.07, 6.45) is 2.43. The summed E-state index contributed by atoms with van der Waals surface area (Å²) in [6, 6.07) is 7.77. The number of aromatic nitrogens is 1. The van der Waals surface area contributed by atoms with Crippen molar-refractivity contribution in [1.29, 1.82) is 0 Å². The molecule has 0 fully saturated rings. The highest BCUT2D eigenvalue weighted by Gasteiger charge is 2.32. The summed E-state index contributed by atoms with van der Waals surface area (Å²) in [4.78, 5) is 4.17. The Bertz CT molecular complexity index is 485. The van der Waals surface area contributed by atoms with Crippen molar-refractivity contribution < 1.29 is 8.78 Å². The van der Waals surface area contributed by atoms with Crippen LogP contribution in [0.4, 0.5) is 8.78 Å². The average molecular weight is 282 g/mol. The Labute approximate surface area is 115 Å². The van der Waals surface area contributed by atoms with Gasteiger partial charge in [0.25, 0.3) is 5.92 Å². The molecule has 0 spiro atoms. The molecule has 2 aromatic rings.